The molecule has 0 amide bonds. The molecule has 0 spiro atoms. The highest BCUT2D eigenvalue weighted by atomic mass is 35.5. The number of nitrogens with zero attached hydrogens (tertiary/aromatic N) is 2. The molecule has 0 bridgehead atoms. The van der Waals surface area contributed by atoms with E-state index in [-0.39, 0.29) is 11.6 Å². The normalized spacial score (nSPS) is 9.65. The van der Waals surface area contributed by atoms with Crippen LogP contribution in [0.2, 0.25) is 5.15 Å². The lowest BCUT2D eigenvalue weighted by atomic mass is 10.1. The molecular formula is C20H23ClN4O. The van der Waals surface area contributed by atoms with Gasteiger partial charge in [0, 0.05) is 10.8 Å². The smallest absolute Gasteiger partial charge is 0.129 e. The Morgan fingerprint density at radius 1 is 0.731 bits per heavy atom. The summed E-state index contributed by atoms with van der Waals surface area (Å²) >= 11 is 5.75. The average Bonchev–Trinajstić information content (AvgIpc) is 2.56. The molecule has 0 fully saturated rings. The Bertz CT molecular complexity index is 855. The standard InChI is InChI=1S/C10H8ClN.C10H10N2.H3N.H2O/c2*1-7-2-4-9-8(6-7)3-5-10(11)12-9;;/h2-6H,1H3;2-6H,1H3,(H2,11,12);1H3;1H2. The van der Waals surface area contributed by atoms with E-state index in [1.165, 1.54) is 11.1 Å². The third-order valence-electron chi connectivity index (χ3n) is 3.68. The number of fused-ring (bicyclic) bond motifs is 2. The molecule has 0 atom stereocenters. The second-order valence-corrected chi connectivity index (χ2v) is 6.15. The summed E-state index contributed by atoms with van der Waals surface area (Å²) in [6.45, 7) is 4.13. The number of aromatic nitrogens is 2. The second-order valence-electron chi connectivity index (χ2n) is 5.76. The Hall–Kier alpha value is -2.73. The zero-order valence-electron chi connectivity index (χ0n) is 14.8. The van der Waals surface area contributed by atoms with E-state index in [1.807, 2.05) is 48.5 Å². The summed E-state index contributed by atoms with van der Waals surface area (Å²) in [5.74, 6) is 0.575. The fourth-order valence-electron chi connectivity index (χ4n) is 2.48. The van der Waals surface area contributed by atoms with E-state index in [0.717, 1.165) is 21.8 Å². The van der Waals surface area contributed by atoms with Crippen molar-refractivity contribution in [1.29, 1.82) is 0 Å². The lowest BCUT2D eigenvalue weighted by Gasteiger charge is -1.98. The van der Waals surface area contributed by atoms with Gasteiger partial charge in [-0.15, -0.1) is 0 Å². The van der Waals surface area contributed by atoms with Gasteiger partial charge in [-0.05, 0) is 62.4 Å². The van der Waals surface area contributed by atoms with Gasteiger partial charge in [0.1, 0.15) is 11.0 Å². The van der Waals surface area contributed by atoms with Crippen molar-refractivity contribution in [2.45, 2.75) is 13.8 Å². The quantitative estimate of drug-likeness (QED) is 0.437. The third-order valence-corrected chi connectivity index (χ3v) is 3.89. The molecule has 2 heterocycles. The molecule has 0 unspecified atom stereocenters. The van der Waals surface area contributed by atoms with Crippen molar-refractivity contribution in [3.05, 3.63) is 76.9 Å². The van der Waals surface area contributed by atoms with Crippen molar-refractivity contribution in [2.24, 2.45) is 0 Å². The first-order valence-corrected chi connectivity index (χ1v) is 8.05. The summed E-state index contributed by atoms with van der Waals surface area (Å²) in [6.07, 6.45) is 0. The third kappa shape index (κ3) is 5.13. The number of aryl methyl sites for hydroxylation is 2. The van der Waals surface area contributed by atoms with Gasteiger partial charge in [-0.1, -0.05) is 34.9 Å². The molecule has 4 aromatic rings. The summed E-state index contributed by atoms with van der Waals surface area (Å²) in [4.78, 5) is 8.38. The Morgan fingerprint density at radius 2 is 1.23 bits per heavy atom. The van der Waals surface area contributed by atoms with Crippen LogP contribution in [0.25, 0.3) is 21.8 Å². The van der Waals surface area contributed by atoms with Crippen LogP contribution in [0.4, 0.5) is 5.82 Å². The van der Waals surface area contributed by atoms with Gasteiger partial charge in [-0.2, -0.15) is 0 Å². The molecule has 6 heteroatoms. The number of nitrogens with two attached hydrogens (primary N) is 1. The number of pyridine rings is 2. The van der Waals surface area contributed by atoms with Gasteiger partial charge in [-0.25, -0.2) is 9.97 Å². The van der Waals surface area contributed by atoms with Crippen molar-refractivity contribution >= 4 is 39.2 Å². The Labute approximate surface area is 157 Å². The maximum Gasteiger partial charge on any atom is 0.129 e. The van der Waals surface area contributed by atoms with E-state index in [0.29, 0.717) is 11.0 Å². The molecule has 0 aliphatic carbocycles. The van der Waals surface area contributed by atoms with Crippen molar-refractivity contribution in [3.63, 3.8) is 0 Å². The van der Waals surface area contributed by atoms with Crippen LogP contribution < -0.4 is 11.9 Å². The minimum absolute atomic E-state index is 0. The van der Waals surface area contributed by atoms with Gasteiger partial charge in [0.05, 0.1) is 11.0 Å². The van der Waals surface area contributed by atoms with E-state index in [1.54, 1.807) is 0 Å². The largest absolute Gasteiger partial charge is 0.412 e. The number of halogens is 1. The molecule has 0 aliphatic rings. The summed E-state index contributed by atoms with van der Waals surface area (Å²) in [6, 6.07) is 19.8. The number of anilines is 1. The van der Waals surface area contributed by atoms with E-state index >= 15 is 0 Å². The van der Waals surface area contributed by atoms with Crippen molar-refractivity contribution in [3.8, 4) is 0 Å². The molecule has 7 N–H and O–H groups in total. The SMILES string of the molecule is Cc1ccc2nc(Cl)ccc2c1.Cc1ccc2nc(N)ccc2c1.N.O. The molecule has 0 aliphatic heterocycles. The fourth-order valence-corrected chi connectivity index (χ4v) is 2.63. The Kier molecular flexibility index (Phi) is 7.46. The summed E-state index contributed by atoms with van der Waals surface area (Å²) < 4.78 is 0. The van der Waals surface area contributed by atoms with Gasteiger partial charge in [0.2, 0.25) is 0 Å². The maximum atomic E-state index is 5.75. The topological polar surface area (TPSA) is 118 Å². The van der Waals surface area contributed by atoms with Gasteiger partial charge in [-0.3, -0.25) is 0 Å². The van der Waals surface area contributed by atoms with Crippen LogP contribution in [-0.4, -0.2) is 15.4 Å². The van der Waals surface area contributed by atoms with Crippen LogP contribution in [0.5, 0.6) is 0 Å². The zero-order valence-corrected chi connectivity index (χ0v) is 15.6. The van der Waals surface area contributed by atoms with Crippen molar-refractivity contribution < 1.29 is 5.48 Å². The highest BCUT2D eigenvalue weighted by Crippen LogP contribution is 2.16. The molecule has 0 saturated heterocycles. The van der Waals surface area contributed by atoms with E-state index in [4.69, 9.17) is 17.3 Å². The van der Waals surface area contributed by atoms with Gasteiger partial charge < -0.3 is 17.4 Å². The monoisotopic (exact) mass is 370 g/mol. The average molecular weight is 371 g/mol. The van der Waals surface area contributed by atoms with Crippen LogP contribution >= 0.6 is 11.6 Å². The molecular weight excluding hydrogens is 348 g/mol. The van der Waals surface area contributed by atoms with Gasteiger partial charge in [0.25, 0.3) is 0 Å². The minimum Gasteiger partial charge on any atom is -0.412 e. The minimum atomic E-state index is 0. The Morgan fingerprint density at radius 3 is 1.81 bits per heavy atom. The van der Waals surface area contributed by atoms with Crippen molar-refractivity contribution in [1.82, 2.24) is 16.1 Å². The predicted molar refractivity (Wildman–Crippen MR) is 111 cm³/mol. The fraction of sp³-hybridized carbons (Fsp3) is 0.100. The van der Waals surface area contributed by atoms with Crippen LogP contribution in [-0.2, 0) is 0 Å². The summed E-state index contributed by atoms with van der Waals surface area (Å²) in [5.41, 5.74) is 9.95. The van der Waals surface area contributed by atoms with Crippen LogP contribution in [0.3, 0.4) is 0 Å². The predicted octanol–water partition coefficient (Wildman–Crippen LogP) is 4.66. The number of nitrogen functional groups attached to an aromatic ring is 1. The van der Waals surface area contributed by atoms with E-state index in [2.05, 4.69) is 35.9 Å². The number of benzene rings is 2. The van der Waals surface area contributed by atoms with Crippen LogP contribution in [0.15, 0.2) is 60.7 Å². The lowest BCUT2D eigenvalue weighted by Crippen LogP contribution is -1.89. The molecule has 5 nitrogen and oxygen atoms in total. The molecule has 4 rings (SSSR count). The number of hydrogen-bond donors (Lipinski definition) is 2. The van der Waals surface area contributed by atoms with Gasteiger partial charge >= 0.3 is 0 Å². The van der Waals surface area contributed by atoms with E-state index < -0.39 is 0 Å². The molecule has 26 heavy (non-hydrogen) atoms. The highest BCUT2D eigenvalue weighted by Gasteiger charge is 1.95. The maximum absolute atomic E-state index is 5.75. The highest BCUT2D eigenvalue weighted by molar-refractivity contribution is 6.29. The van der Waals surface area contributed by atoms with Crippen LogP contribution in [0, 0.1) is 13.8 Å². The molecule has 0 radical (unpaired) electrons. The van der Waals surface area contributed by atoms with Crippen molar-refractivity contribution in [2.75, 3.05) is 5.73 Å². The first-order chi connectivity index (χ1) is 11.5. The first kappa shape index (κ1) is 21.3. The number of hydrogen-bond acceptors (Lipinski definition) is 4. The summed E-state index contributed by atoms with van der Waals surface area (Å²) in [7, 11) is 0. The lowest BCUT2D eigenvalue weighted by molar-refractivity contribution is 0.824. The molecule has 2 aromatic carbocycles. The summed E-state index contributed by atoms with van der Waals surface area (Å²) in [5, 5.41) is 2.83. The first-order valence-electron chi connectivity index (χ1n) is 7.67. The molecule has 0 saturated carbocycles. The second kappa shape index (κ2) is 9.10. The molecule has 2 aromatic heterocycles. The molecule has 136 valence electrons. The van der Waals surface area contributed by atoms with Crippen LogP contribution in [0.1, 0.15) is 11.1 Å². The Balaban J connectivity index is 0.000000241. The number of rotatable bonds is 0. The zero-order chi connectivity index (χ0) is 17.1. The van der Waals surface area contributed by atoms with E-state index in [9.17, 15) is 0 Å². The van der Waals surface area contributed by atoms with Gasteiger partial charge in [0.15, 0.2) is 0 Å².